The van der Waals surface area contributed by atoms with Crippen molar-refractivity contribution in [2.45, 2.75) is 32.4 Å². The standard InChI is InChI=1S/C18H23F3N2O3/c1-14-6-2-3-7-15(14)26-13-4-8-16(24)22-9-5-10-23(12-11-22)17(25)18(19,20)21/h2-3,6-7H,4-5,8-13H2,1H3. The van der Waals surface area contributed by atoms with Crippen LogP contribution in [0.4, 0.5) is 13.2 Å². The molecule has 0 bridgehead atoms. The summed E-state index contributed by atoms with van der Waals surface area (Å²) in [7, 11) is 0. The Hall–Kier alpha value is -2.25. The van der Waals surface area contributed by atoms with Crippen LogP contribution < -0.4 is 4.74 Å². The number of hydrogen-bond acceptors (Lipinski definition) is 3. The monoisotopic (exact) mass is 372 g/mol. The van der Waals surface area contributed by atoms with Crippen molar-refractivity contribution in [3.8, 4) is 5.75 Å². The zero-order valence-corrected chi connectivity index (χ0v) is 14.7. The second-order valence-electron chi connectivity index (χ2n) is 6.24. The number of aryl methyl sites for hydroxylation is 1. The number of nitrogens with zero attached hydrogens (tertiary/aromatic N) is 2. The van der Waals surface area contributed by atoms with Crippen molar-refractivity contribution in [2.24, 2.45) is 0 Å². The number of carbonyl (C=O) groups is 2. The van der Waals surface area contributed by atoms with Crippen molar-refractivity contribution in [1.82, 2.24) is 9.80 Å². The van der Waals surface area contributed by atoms with Gasteiger partial charge in [0.25, 0.3) is 0 Å². The molecule has 1 aliphatic heterocycles. The highest BCUT2D eigenvalue weighted by Crippen LogP contribution is 2.20. The second kappa shape index (κ2) is 8.91. The van der Waals surface area contributed by atoms with Crippen molar-refractivity contribution in [3.05, 3.63) is 29.8 Å². The number of rotatable bonds is 5. The Morgan fingerprint density at radius 1 is 1.08 bits per heavy atom. The molecule has 0 radical (unpaired) electrons. The molecule has 8 heteroatoms. The summed E-state index contributed by atoms with van der Waals surface area (Å²) in [6.45, 7) is 2.73. The smallest absolute Gasteiger partial charge is 0.471 e. The zero-order chi connectivity index (χ0) is 19.2. The maximum atomic E-state index is 12.5. The van der Waals surface area contributed by atoms with Gasteiger partial charge in [0.15, 0.2) is 0 Å². The lowest BCUT2D eigenvalue weighted by atomic mass is 10.2. The molecule has 2 amide bonds. The minimum absolute atomic E-state index is 0.0124. The molecule has 1 saturated heterocycles. The summed E-state index contributed by atoms with van der Waals surface area (Å²) in [6.07, 6.45) is -3.74. The molecule has 144 valence electrons. The van der Waals surface area contributed by atoms with Gasteiger partial charge in [-0.25, -0.2) is 0 Å². The normalized spacial score (nSPS) is 15.5. The number of halogens is 3. The van der Waals surface area contributed by atoms with Crippen molar-refractivity contribution < 1.29 is 27.5 Å². The molecular formula is C18H23F3N2O3. The van der Waals surface area contributed by atoms with E-state index in [9.17, 15) is 22.8 Å². The van der Waals surface area contributed by atoms with E-state index in [1.54, 1.807) is 0 Å². The maximum absolute atomic E-state index is 12.5. The van der Waals surface area contributed by atoms with E-state index in [1.165, 1.54) is 4.90 Å². The van der Waals surface area contributed by atoms with Crippen LogP contribution in [0.5, 0.6) is 5.75 Å². The second-order valence-corrected chi connectivity index (χ2v) is 6.24. The van der Waals surface area contributed by atoms with Gasteiger partial charge in [0.2, 0.25) is 5.91 Å². The van der Waals surface area contributed by atoms with Gasteiger partial charge in [0, 0.05) is 32.6 Å². The highest BCUT2D eigenvalue weighted by Gasteiger charge is 2.42. The largest absolute Gasteiger partial charge is 0.493 e. The van der Waals surface area contributed by atoms with Gasteiger partial charge in [-0.3, -0.25) is 9.59 Å². The quantitative estimate of drug-likeness (QED) is 0.747. The SMILES string of the molecule is Cc1ccccc1OCCCC(=O)N1CCCN(C(=O)C(F)(F)F)CC1. The molecule has 26 heavy (non-hydrogen) atoms. The first-order chi connectivity index (χ1) is 12.3. The van der Waals surface area contributed by atoms with Crippen LogP contribution in [0.1, 0.15) is 24.8 Å². The third kappa shape index (κ3) is 5.64. The van der Waals surface area contributed by atoms with Crippen molar-refractivity contribution in [3.63, 3.8) is 0 Å². The molecule has 0 spiro atoms. The van der Waals surface area contributed by atoms with E-state index in [2.05, 4.69) is 0 Å². The van der Waals surface area contributed by atoms with Gasteiger partial charge < -0.3 is 14.5 Å². The fourth-order valence-corrected chi connectivity index (χ4v) is 2.83. The van der Waals surface area contributed by atoms with E-state index in [0.717, 1.165) is 16.2 Å². The Kier molecular flexibility index (Phi) is 6.88. The van der Waals surface area contributed by atoms with Crippen LogP contribution in [0.3, 0.4) is 0 Å². The van der Waals surface area contributed by atoms with Crippen molar-refractivity contribution in [1.29, 1.82) is 0 Å². The Bertz CT molecular complexity index is 634. The average Bonchev–Trinajstić information content (AvgIpc) is 2.84. The Balaban J connectivity index is 1.74. The van der Waals surface area contributed by atoms with Gasteiger partial charge in [-0.2, -0.15) is 13.2 Å². The van der Waals surface area contributed by atoms with Crippen LogP contribution in [0.15, 0.2) is 24.3 Å². The summed E-state index contributed by atoms with van der Waals surface area (Å²) < 4.78 is 43.2. The van der Waals surface area contributed by atoms with E-state index in [1.807, 2.05) is 31.2 Å². The molecule has 0 aromatic heterocycles. The van der Waals surface area contributed by atoms with Gasteiger partial charge in [0.1, 0.15) is 5.75 Å². The predicted octanol–water partition coefficient (Wildman–Crippen LogP) is 2.78. The van der Waals surface area contributed by atoms with Crippen LogP contribution in [-0.4, -0.2) is 60.6 Å². The molecule has 0 unspecified atom stereocenters. The molecule has 0 N–H and O–H groups in total. The van der Waals surface area contributed by atoms with E-state index >= 15 is 0 Å². The molecule has 1 aromatic rings. The van der Waals surface area contributed by atoms with Crippen molar-refractivity contribution >= 4 is 11.8 Å². The number of hydrogen-bond donors (Lipinski definition) is 0. The lowest BCUT2D eigenvalue weighted by Crippen LogP contribution is -2.43. The van der Waals surface area contributed by atoms with Gasteiger partial charge in [-0.05, 0) is 31.4 Å². The average molecular weight is 372 g/mol. The number of benzene rings is 1. The van der Waals surface area contributed by atoms with E-state index in [4.69, 9.17) is 4.74 Å². The minimum atomic E-state index is -4.87. The lowest BCUT2D eigenvalue weighted by molar-refractivity contribution is -0.185. The topological polar surface area (TPSA) is 49.9 Å². The Morgan fingerprint density at radius 3 is 2.42 bits per heavy atom. The molecule has 1 heterocycles. The van der Waals surface area contributed by atoms with Gasteiger partial charge in [0.05, 0.1) is 6.61 Å². The number of alkyl halides is 3. The predicted molar refractivity (Wildman–Crippen MR) is 89.7 cm³/mol. The van der Waals surface area contributed by atoms with Gasteiger partial charge >= 0.3 is 12.1 Å². The van der Waals surface area contributed by atoms with Crippen LogP contribution in [0.2, 0.25) is 0 Å². The Labute approximate surface area is 150 Å². The molecule has 1 aliphatic rings. The first-order valence-electron chi connectivity index (χ1n) is 8.61. The third-order valence-electron chi connectivity index (χ3n) is 4.26. The number of carbonyl (C=O) groups excluding carboxylic acids is 2. The van der Waals surface area contributed by atoms with Crippen LogP contribution in [0, 0.1) is 6.92 Å². The molecule has 0 atom stereocenters. The van der Waals surface area contributed by atoms with Crippen LogP contribution in [-0.2, 0) is 9.59 Å². The summed E-state index contributed by atoms with van der Waals surface area (Å²) in [5.74, 6) is -1.19. The molecule has 1 fully saturated rings. The molecule has 1 aromatic carbocycles. The number of ether oxygens (including phenoxy) is 1. The summed E-state index contributed by atoms with van der Waals surface area (Å²) in [5.41, 5.74) is 1.01. The van der Waals surface area contributed by atoms with Crippen LogP contribution >= 0.6 is 0 Å². The zero-order valence-electron chi connectivity index (χ0n) is 14.7. The van der Waals surface area contributed by atoms with Crippen LogP contribution in [0.25, 0.3) is 0 Å². The number of amides is 2. The summed E-state index contributed by atoms with van der Waals surface area (Å²) >= 11 is 0. The molecule has 2 rings (SSSR count). The summed E-state index contributed by atoms with van der Waals surface area (Å²) in [5, 5.41) is 0. The van der Waals surface area contributed by atoms with Crippen molar-refractivity contribution in [2.75, 3.05) is 32.8 Å². The summed E-state index contributed by atoms with van der Waals surface area (Å²) in [6, 6.07) is 7.58. The molecule has 0 saturated carbocycles. The van der Waals surface area contributed by atoms with Gasteiger partial charge in [-0.1, -0.05) is 18.2 Å². The molecular weight excluding hydrogens is 349 g/mol. The highest BCUT2D eigenvalue weighted by molar-refractivity contribution is 5.82. The fraction of sp³-hybridized carbons (Fsp3) is 0.556. The van der Waals surface area contributed by atoms with E-state index < -0.39 is 12.1 Å². The molecule has 5 nitrogen and oxygen atoms in total. The van der Waals surface area contributed by atoms with Gasteiger partial charge in [-0.15, -0.1) is 0 Å². The fourth-order valence-electron chi connectivity index (χ4n) is 2.83. The minimum Gasteiger partial charge on any atom is -0.493 e. The summed E-state index contributed by atoms with van der Waals surface area (Å²) in [4.78, 5) is 25.8. The maximum Gasteiger partial charge on any atom is 0.471 e. The number of para-hydroxylation sites is 1. The highest BCUT2D eigenvalue weighted by atomic mass is 19.4. The molecule has 0 aliphatic carbocycles. The first kappa shape index (κ1) is 20.1. The lowest BCUT2D eigenvalue weighted by Gasteiger charge is -2.23. The third-order valence-corrected chi connectivity index (χ3v) is 4.26. The van der Waals surface area contributed by atoms with E-state index in [-0.39, 0.29) is 32.0 Å². The first-order valence-corrected chi connectivity index (χ1v) is 8.61. The van der Waals surface area contributed by atoms with E-state index in [0.29, 0.717) is 26.0 Å². The Morgan fingerprint density at radius 2 is 1.73 bits per heavy atom.